The van der Waals surface area contributed by atoms with Gasteiger partial charge >= 0.3 is 0 Å². The molecule has 0 aliphatic heterocycles. The molecule has 0 aromatic heterocycles. The first-order valence-electron chi connectivity index (χ1n) is 5.56. The first-order chi connectivity index (χ1) is 8.70. The van der Waals surface area contributed by atoms with Crippen molar-refractivity contribution in [2.24, 2.45) is 0 Å². The maximum Gasteiger partial charge on any atom is 0.129 e. The van der Waals surface area contributed by atoms with Gasteiger partial charge in [0.05, 0.1) is 6.61 Å². The molecule has 0 aliphatic rings. The van der Waals surface area contributed by atoms with Crippen molar-refractivity contribution in [3.63, 3.8) is 0 Å². The molecule has 0 fully saturated rings. The smallest absolute Gasteiger partial charge is 0.129 e. The van der Waals surface area contributed by atoms with E-state index in [2.05, 4.69) is 0 Å². The maximum absolute atomic E-state index is 13.4. The minimum atomic E-state index is -0.307. The molecule has 0 saturated carbocycles. The topological polar surface area (TPSA) is 55.5 Å². The zero-order valence-corrected chi connectivity index (χ0v) is 9.77. The molecule has 0 atom stereocenters. The second-order valence-electron chi connectivity index (χ2n) is 3.91. The fourth-order valence-corrected chi connectivity index (χ4v) is 1.63. The van der Waals surface area contributed by atoms with Crippen LogP contribution >= 0.6 is 0 Å². The number of rotatable bonds is 4. The Bertz CT molecular complexity index is 543. The number of nitrogens with two attached hydrogens (primary N) is 1. The molecule has 4 heteroatoms. The SMILES string of the molecule is Nc1ccc(OCc2ccccc2F)c(CO)c1. The Hall–Kier alpha value is -2.07. The maximum atomic E-state index is 13.4. The molecule has 3 nitrogen and oxygen atoms in total. The van der Waals surface area contributed by atoms with E-state index in [1.807, 2.05) is 0 Å². The summed E-state index contributed by atoms with van der Waals surface area (Å²) < 4.78 is 18.9. The van der Waals surface area contributed by atoms with Crippen LogP contribution in [0, 0.1) is 5.82 Å². The highest BCUT2D eigenvalue weighted by Crippen LogP contribution is 2.22. The van der Waals surface area contributed by atoms with E-state index in [9.17, 15) is 9.50 Å². The number of hydrogen-bond donors (Lipinski definition) is 2. The molecular formula is C14H14FNO2. The molecule has 0 saturated heterocycles. The lowest BCUT2D eigenvalue weighted by atomic mass is 10.2. The van der Waals surface area contributed by atoms with Gasteiger partial charge in [-0.1, -0.05) is 18.2 Å². The monoisotopic (exact) mass is 247 g/mol. The van der Waals surface area contributed by atoms with Crippen molar-refractivity contribution in [1.29, 1.82) is 0 Å². The summed E-state index contributed by atoms with van der Waals surface area (Å²) in [4.78, 5) is 0. The molecule has 18 heavy (non-hydrogen) atoms. The minimum Gasteiger partial charge on any atom is -0.488 e. The van der Waals surface area contributed by atoms with E-state index in [1.165, 1.54) is 6.07 Å². The quantitative estimate of drug-likeness (QED) is 0.816. The Labute approximate surface area is 105 Å². The van der Waals surface area contributed by atoms with Gasteiger partial charge in [0.2, 0.25) is 0 Å². The number of ether oxygens (including phenoxy) is 1. The van der Waals surface area contributed by atoms with Crippen molar-refractivity contribution in [3.8, 4) is 5.75 Å². The van der Waals surface area contributed by atoms with Gasteiger partial charge in [-0.05, 0) is 24.3 Å². The predicted octanol–water partition coefficient (Wildman–Crippen LogP) is 2.48. The summed E-state index contributed by atoms with van der Waals surface area (Å²) in [7, 11) is 0. The number of halogens is 1. The summed E-state index contributed by atoms with van der Waals surface area (Å²) in [5.41, 5.74) is 7.22. The van der Waals surface area contributed by atoms with Crippen molar-refractivity contribution in [3.05, 3.63) is 59.4 Å². The average molecular weight is 247 g/mol. The van der Waals surface area contributed by atoms with Crippen LogP contribution < -0.4 is 10.5 Å². The Morgan fingerprint density at radius 2 is 1.89 bits per heavy atom. The zero-order valence-electron chi connectivity index (χ0n) is 9.77. The number of anilines is 1. The van der Waals surface area contributed by atoms with Crippen LogP contribution in [0.3, 0.4) is 0 Å². The highest BCUT2D eigenvalue weighted by atomic mass is 19.1. The normalized spacial score (nSPS) is 10.3. The van der Waals surface area contributed by atoms with E-state index < -0.39 is 0 Å². The van der Waals surface area contributed by atoms with Crippen molar-refractivity contribution >= 4 is 5.69 Å². The lowest BCUT2D eigenvalue weighted by Gasteiger charge is -2.11. The standard InChI is InChI=1S/C14H14FNO2/c15-13-4-2-1-3-10(13)9-18-14-6-5-12(16)7-11(14)8-17/h1-7,17H,8-9,16H2. The summed E-state index contributed by atoms with van der Waals surface area (Å²) in [6, 6.07) is 11.4. The molecule has 3 N–H and O–H groups in total. The average Bonchev–Trinajstić information content (AvgIpc) is 2.39. The Morgan fingerprint density at radius 1 is 1.11 bits per heavy atom. The van der Waals surface area contributed by atoms with Crippen LogP contribution in [-0.2, 0) is 13.2 Å². The third kappa shape index (κ3) is 2.78. The number of nitrogen functional groups attached to an aromatic ring is 1. The van der Waals surface area contributed by atoms with E-state index in [0.717, 1.165) is 0 Å². The molecule has 2 aromatic carbocycles. The van der Waals surface area contributed by atoms with Crippen LogP contribution in [0.15, 0.2) is 42.5 Å². The molecule has 0 unspecified atom stereocenters. The van der Waals surface area contributed by atoms with Gasteiger partial charge < -0.3 is 15.6 Å². The van der Waals surface area contributed by atoms with Crippen LogP contribution in [0.5, 0.6) is 5.75 Å². The molecule has 0 amide bonds. The summed E-state index contributed by atoms with van der Waals surface area (Å²) >= 11 is 0. The highest BCUT2D eigenvalue weighted by molar-refractivity contribution is 5.47. The van der Waals surface area contributed by atoms with Crippen LogP contribution in [0.4, 0.5) is 10.1 Å². The van der Waals surface area contributed by atoms with Crippen LogP contribution in [0.2, 0.25) is 0 Å². The zero-order chi connectivity index (χ0) is 13.0. The van der Waals surface area contributed by atoms with E-state index in [0.29, 0.717) is 22.6 Å². The number of aliphatic hydroxyl groups excluding tert-OH is 1. The van der Waals surface area contributed by atoms with Gasteiger partial charge in [-0.15, -0.1) is 0 Å². The lowest BCUT2D eigenvalue weighted by Crippen LogP contribution is -2.01. The predicted molar refractivity (Wildman–Crippen MR) is 67.5 cm³/mol. The van der Waals surface area contributed by atoms with Crippen LogP contribution in [0.1, 0.15) is 11.1 Å². The summed E-state index contributed by atoms with van der Waals surface area (Å²) in [5.74, 6) is 0.202. The van der Waals surface area contributed by atoms with Crippen molar-refractivity contribution < 1.29 is 14.2 Å². The molecule has 2 aromatic rings. The second kappa shape index (κ2) is 5.51. The van der Waals surface area contributed by atoms with Gasteiger partial charge in [-0.25, -0.2) is 4.39 Å². The Kier molecular flexibility index (Phi) is 3.79. The number of aliphatic hydroxyl groups is 1. The van der Waals surface area contributed by atoms with E-state index >= 15 is 0 Å². The fourth-order valence-electron chi connectivity index (χ4n) is 1.63. The highest BCUT2D eigenvalue weighted by Gasteiger charge is 2.06. The van der Waals surface area contributed by atoms with Gasteiger partial charge in [0.25, 0.3) is 0 Å². The first-order valence-corrected chi connectivity index (χ1v) is 5.56. The Balaban J connectivity index is 2.13. The molecule has 0 radical (unpaired) electrons. The van der Waals surface area contributed by atoms with Crippen LogP contribution in [-0.4, -0.2) is 5.11 Å². The van der Waals surface area contributed by atoms with E-state index in [4.69, 9.17) is 10.5 Å². The molecule has 0 spiro atoms. The van der Waals surface area contributed by atoms with Gasteiger partial charge in [0, 0.05) is 16.8 Å². The fraction of sp³-hybridized carbons (Fsp3) is 0.143. The van der Waals surface area contributed by atoms with Gasteiger partial charge in [0.1, 0.15) is 18.2 Å². The van der Waals surface area contributed by atoms with E-state index in [-0.39, 0.29) is 19.0 Å². The Morgan fingerprint density at radius 3 is 2.61 bits per heavy atom. The minimum absolute atomic E-state index is 0.115. The van der Waals surface area contributed by atoms with Gasteiger partial charge in [-0.3, -0.25) is 0 Å². The molecule has 94 valence electrons. The second-order valence-corrected chi connectivity index (χ2v) is 3.91. The van der Waals surface area contributed by atoms with Crippen molar-refractivity contribution in [1.82, 2.24) is 0 Å². The summed E-state index contributed by atoms with van der Waals surface area (Å²) in [6.45, 7) is -0.0543. The number of benzene rings is 2. The number of hydrogen-bond acceptors (Lipinski definition) is 3. The largest absolute Gasteiger partial charge is 0.488 e. The first kappa shape index (κ1) is 12.4. The molecule has 2 rings (SSSR count). The summed E-state index contributed by atoms with van der Waals surface area (Å²) in [5, 5.41) is 9.19. The molecule has 0 aliphatic carbocycles. The van der Waals surface area contributed by atoms with Crippen molar-refractivity contribution in [2.75, 3.05) is 5.73 Å². The van der Waals surface area contributed by atoms with E-state index in [1.54, 1.807) is 36.4 Å². The lowest BCUT2D eigenvalue weighted by molar-refractivity contribution is 0.257. The van der Waals surface area contributed by atoms with Gasteiger partial charge in [-0.2, -0.15) is 0 Å². The molecule has 0 bridgehead atoms. The van der Waals surface area contributed by atoms with Gasteiger partial charge in [0.15, 0.2) is 0 Å². The third-order valence-corrected chi connectivity index (χ3v) is 2.60. The molecular weight excluding hydrogens is 233 g/mol. The van der Waals surface area contributed by atoms with Crippen molar-refractivity contribution in [2.45, 2.75) is 13.2 Å². The third-order valence-electron chi connectivity index (χ3n) is 2.60. The summed E-state index contributed by atoms with van der Waals surface area (Å²) in [6.07, 6.45) is 0. The molecule has 0 heterocycles. The van der Waals surface area contributed by atoms with Crippen LogP contribution in [0.25, 0.3) is 0 Å².